The van der Waals surface area contributed by atoms with Crippen molar-refractivity contribution >= 4 is 70.9 Å². The number of furan rings is 1. The Morgan fingerprint density at radius 1 is 0.538 bits per heavy atom. The molecule has 3 heterocycles. The number of hydrogen-bond donors (Lipinski definition) is 0. The van der Waals surface area contributed by atoms with Gasteiger partial charge in [0.1, 0.15) is 11.2 Å². The second-order valence-electron chi connectivity index (χ2n) is 13.5. The van der Waals surface area contributed by atoms with Crippen LogP contribution in [0.4, 0.5) is 0 Å². The molecule has 0 N–H and O–H groups in total. The van der Waals surface area contributed by atoms with E-state index in [2.05, 4.69) is 138 Å². The average Bonchev–Trinajstić information content (AvgIpc) is 3.76. The van der Waals surface area contributed by atoms with Crippen molar-refractivity contribution < 1.29 is 4.42 Å². The maximum absolute atomic E-state index is 6.42. The van der Waals surface area contributed by atoms with Crippen molar-refractivity contribution in [2.24, 2.45) is 0 Å². The molecular weight excluding hydrogens is 637 g/mol. The molecule has 5 heteroatoms. The van der Waals surface area contributed by atoms with Gasteiger partial charge in [0.05, 0.1) is 16.6 Å². The van der Waals surface area contributed by atoms with Crippen LogP contribution in [0.3, 0.4) is 0 Å². The van der Waals surface area contributed by atoms with E-state index >= 15 is 0 Å². The summed E-state index contributed by atoms with van der Waals surface area (Å²) in [5.74, 6) is 1.93. The Morgan fingerprint density at radius 3 is 2.12 bits per heavy atom. The Hall–Kier alpha value is -6.85. The number of fused-ring (bicyclic) bond motifs is 9. The number of rotatable bonds is 4. The molecule has 0 spiro atoms. The van der Waals surface area contributed by atoms with Crippen LogP contribution in [0.1, 0.15) is 18.7 Å². The van der Waals surface area contributed by atoms with Crippen LogP contribution in [0.25, 0.3) is 99.3 Å². The molecule has 0 saturated carbocycles. The van der Waals surface area contributed by atoms with Gasteiger partial charge >= 0.3 is 0 Å². The van der Waals surface area contributed by atoms with E-state index in [1.165, 1.54) is 43.4 Å². The van der Waals surface area contributed by atoms with Gasteiger partial charge in [-0.25, -0.2) is 15.0 Å². The van der Waals surface area contributed by atoms with Crippen molar-refractivity contribution in [1.82, 2.24) is 19.5 Å². The molecule has 0 saturated heterocycles. The Kier molecular flexibility index (Phi) is 6.31. The molecule has 0 atom stereocenters. The van der Waals surface area contributed by atoms with Gasteiger partial charge in [-0.05, 0) is 83.1 Å². The van der Waals surface area contributed by atoms with E-state index in [0.29, 0.717) is 17.5 Å². The van der Waals surface area contributed by atoms with E-state index in [1.54, 1.807) is 0 Å². The molecule has 7 aromatic carbocycles. The fourth-order valence-corrected chi connectivity index (χ4v) is 7.97. The van der Waals surface area contributed by atoms with Crippen LogP contribution in [0, 0.1) is 0 Å². The molecule has 52 heavy (non-hydrogen) atoms. The van der Waals surface area contributed by atoms with E-state index in [4.69, 9.17) is 19.4 Å². The SMILES string of the molecule is C1=CCCC(c2nc(-c3ccc(-n4c5cc6ccccc6cc5c5ccc6ccccc6c54)cc3)nc(-c3cccc4c3oc3ccccc34)n2)=C1. The highest BCUT2D eigenvalue weighted by Crippen LogP contribution is 2.40. The fourth-order valence-electron chi connectivity index (χ4n) is 7.97. The molecule has 0 unspecified atom stereocenters. The van der Waals surface area contributed by atoms with Crippen LogP contribution in [0.2, 0.25) is 0 Å². The summed E-state index contributed by atoms with van der Waals surface area (Å²) < 4.78 is 8.84. The largest absolute Gasteiger partial charge is 0.455 e. The highest BCUT2D eigenvalue weighted by atomic mass is 16.3. The lowest BCUT2D eigenvalue weighted by Gasteiger charge is -2.13. The van der Waals surface area contributed by atoms with Crippen LogP contribution in [0.5, 0.6) is 0 Å². The maximum Gasteiger partial charge on any atom is 0.167 e. The zero-order chi connectivity index (χ0) is 34.2. The second-order valence-corrected chi connectivity index (χ2v) is 13.5. The van der Waals surface area contributed by atoms with E-state index in [9.17, 15) is 0 Å². The van der Waals surface area contributed by atoms with E-state index in [1.807, 2.05) is 24.3 Å². The van der Waals surface area contributed by atoms with Crippen molar-refractivity contribution in [3.8, 4) is 28.5 Å². The summed E-state index contributed by atoms with van der Waals surface area (Å²) in [6.07, 6.45) is 8.23. The molecule has 10 aromatic rings. The van der Waals surface area contributed by atoms with Gasteiger partial charge in [-0.3, -0.25) is 0 Å². The lowest BCUT2D eigenvalue weighted by Crippen LogP contribution is -2.04. The molecule has 0 fully saturated rings. The van der Waals surface area contributed by atoms with Crippen molar-refractivity contribution in [2.45, 2.75) is 12.8 Å². The fraction of sp³-hybridized carbons (Fsp3) is 0.0426. The lowest BCUT2D eigenvalue weighted by atomic mass is 10.0. The minimum absolute atomic E-state index is 0.602. The number of nitrogens with zero attached hydrogens (tertiary/aromatic N) is 4. The topological polar surface area (TPSA) is 56.7 Å². The van der Waals surface area contributed by atoms with Crippen molar-refractivity contribution in [3.05, 3.63) is 164 Å². The number of benzene rings is 7. The number of allylic oxidation sites excluding steroid dienone is 4. The Morgan fingerprint density at radius 2 is 1.27 bits per heavy atom. The van der Waals surface area contributed by atoms with Gasteiger partial charge < -0.3 is 8.98 Å². The van der Waals surface area contributed by atoms with E-state index < -0.39 is 0 Å². The first-order chi connectivity index (χ1) is 25.8. The molecule has 1 aliphatic carbocycles. The maximum atomic E-state index is 6.42. The van der Waals surface area contributed by atoms with Crippen LogP contribution < -0.4 is 0 Å². The molecule has 0 bridgehead atoms. The van der Waals surface area contributed by atoms with Gasteiger partial charge in [-0.1, -0.05) is 109 Å². The quantitative estimate of drug-likeness (QED) is 0.188. The standard InChI is InChI=1S/C47H30N4O/c1-2-12-30(13-3-1)45-48-46(50-47(49-45)39-19-10-18-38-36-17-8-9-20-42(36)52-44(38)39)31-21-24-34(25-22-31)51-41-28-33-15-5-4-14-32(33)27-40(41)37-26-23-29-11-6-7-16-35(29)43(37)51/h1-2,4-12,14-28H,3,13H2. The molecule has 244 valence electrons. The number of hydrogen-bond acceptors (Lipinski definition) is 4. The summed E-state index contributed by atoms with van der Waals surface area (Å²) >= 11 is 0. The molecule has 3 aromatic heterocycles. The van der Waals surface area contributed by atoms with Gasteiger partial charge in [0.25, 0.3) is 0 Å². The summed E-state index contributed by atoms with van der Waals surface area (Å²) in [5, 5.41) is 9.51. The first-order valence-corrected chi connectivity index (χ1v) is 17.8. The predicted octanol–water partition coefficient (Wildman–Crippen LogP) is 12.2. The van der Waals surface area contributed by atoms with Crippen LogP contribution in [-0.4, -0.2) is 19.5 Å². The van der Waals surface area contributed by atoms with Gasteiger partial charge in [0.15, 0.2) is 17.5 Å². The average molecular weight is 667 g/mol. The highest BCUT2D eigenvalue weighted by molar-refractivity contribution is 6.20. The Bertz CT molecular complexity index is 3130. The van der Waals surface area contributed by atoms with Gasteiger partial charge in [-0.2, -0.15) is 0 Å². The van der Waals surface area contributed by atoms with E-state index in [0.717, 1.165) is 57.2 Å². The van der Waals surface area contributed by atoms with Gasteiger partial charge in [0, 0.05) is 38.2 Å². The summed E-state index contributed by atoms with van der Waals surface area (Å²) in [7, 11) is 0. The lowest BCUT2D eigenvalue weighted by molar-refractivity contribution is 0.669. The zero-order valence-corrected chi connectivity index (χ0v) is 28.1. The van der Waals surface area contributed by atoms with E-state index in [-0.39, 0.29) is 0 Å². The monoisotopic (exact) mass is 666 g/mol. The number of aromatic nitrogens is 4. The third kappa shape index (κ3) is 4.46. The smallest absolute Gasteiger partial charge is 0.167 e. The summed E-state index contributed by atoms with van der Waals surface area (Å²) in [6, 6.07) is 49.4. The van der Waals surface area contributed by atoms with Gasteiger partial charge in [-0.15, -0.1) is 0 Å². The Labute approximate surface area is 298 Å². The predicted molar refractivity (Wildman–Crippen MR) is 214 cm³/mol. The minimum Gasteiger partial charge on any atom is -0.455 e. The van der Waals surface area contributed by atoms with Crippen molar-refractivity contribution in [1.29, 1.82) is 0 Å². The van der Waals surface area contributed by atoms with Crippen molar-refractivity contribution in [2.75, 3.05) is 0 Å². The molecular formula is C47H30N4O. The summed E-state index contributed by atoms with van der Waals surface area (Å²) in [6.45, 7) is 0. The molecule has 0 amide bonds. The molecule has 11 rings (SSSR count). The molecule has 0 aliphatic heterocycles. The molecule has 5 nitrogen and oxygen atoms in total. The normalized spacial score (nSPS) is 13.3. The zero-order valence-electron chi connectivity index (χ0n) is 28.1. The van der Waals surface area contributed by atoms with Crippen LogP contribution in [0.15, 0.2) is 162 Å². The number of para-hydroxylation sites is 2. The minimum atomic E-state index is 0.602. The molecule has 1 aliphatic rings. The summed E-state index contributed by atoms with van der Waals surface area (Å²) in [4.78, 5) is 15.3. The highest BCUT2D eigenvalue weighted by Gasteiger charge is 2.20. The first-order valence-electron chi connectivity index (χ1n) is 17.8. The van der Waals surface area contributed by atoms with Gasteiger partial charge in [0.2, 0.25) is 0 Å². The summed E-state index contributed by atoms with van der Waals surface area (Å²) in [5.41, 5.74) is 7.98. The third-order valence-corrected chi connectivity index (χ3v) is 10.5. The van der Waals surface area contributed by atoms with Crippen LogP contribution in [-0.2, 0) is 0 Å². The third-order valence-electron chi connectivity index (χ3n) is 10.5. The second kappa shape index (κ2) is 11.3. The van der Waals surface area contributed by atoms with Crippen LogP contribution >= 0.6 is 0 Å². The first kappa shape index (κ1) is 28.9. The van der Waals surface area contributed by atoms with Crippen molar-refractivity contribution in [3.63, 3.8) is 0 Å². The molecule has 0 radical (unpaired) electrons. The Balaban J connectivity index is 1.11.